The molecule has 0 radical (unpaired) electrons. The van der Waals surface area contributed by atoms with Crippen molar-refractivity contribution < 1.29 is 0 Å². The molecular formula is C9H16ClN. The number of rotatable bonds is 0. The Bertz CT molecular complexity index is 136. The van der Waals surface area contributed by atoms with Gasteiger partial charge in [0, 0.05) is 5.38 Å². The summed E-state index contributed by atoms with van der Waals surface area (Å²) in [5.74, 6) is 1.71. The van der Waals surface area contributed by atoms with Crippen LogP contribution in [0.1, 0.15) is 25.7 Å². The van der Waals surface area contributed by atoms with Gasteiger partial charge in [0.1, 0.15) is 0 Å². The third-order valence-electron chi connectivity index (χ3n) is 3.20. The van der Waals surface area contributed by atoms with Gasteiger partial charge in [0.2, 0.25) is 0 Å². The summed E-state index contributed by atoms with van der Waals surface area (Å²) >= 11 is 6.25. The highest BCUT2D eigenvalue weighted by atomic mass is 35.5. The zero-order valence-corrected chi connectivity index (χ0v) is 7.61. The second kappa shape index (κ2) is 3.32. The zero-order valence-electron chi connectivity index (χ0n) is 6.85. The van der Waals surface area contributed by atoms with Crippen LogP contribution in [-0.4, -0.2) is 18.5 Å². The third-order valence-corrected chi connectivity index (χ3v) is 3.74. The molecule has 0 bridgehead atoms. The van der Waals surface area contributed by atoms with Gasteiger partial charge in [-0.1, -0.05) is 6.42 Å². The molecule has 1 N–H and O–H groups in total. The lowest BCUT2D eigenvalue weighted by atomic mass is 9.75. The predicted octanol–water partition coefficient (Wildman–Crippen LogP) is 2.00. The van der Waals surface area contributed by atoms with E-state index in [9.17, 15) is 0 Å². The summed E-state index contributed by atoms with van der Waals surface area (Å²) in [7, 11) is 0. The SMILES string of the molecule is ClC1CCCC2CCNCC12. The number of hydrogen-bond acceptors (Lipinski definition) is 1. The number of piperidine rings is 1. The summed E-state index contributed by atoms with van der Waals surface area (Å²) in [6.45, 7) is 2.38. The number of halogens is 1. The van der Waals surface area contributed by atoms with Gasteiger partial charge in [0.25, 0.3) is 0 Å². The maximum Gasteiger partial charge on any atom is 0.0379 e. The Kier molecular flexibility index (Phi) is 2.38. The summed E-state index contributed by atoms with van der Waals surface area (Å²) < 4.78 is 0. The van der Waals surface area contributed by atoms with E-state index >= 15 is 0 Å². The van der Waals surface area contributed by atoms with Crippen LogP contribution in [0.3, 0.4) is 0 Å². The number of nitrogens with one attached hydrogen (secondary N) is 1. The fourth-order valence-corrected chi connectivity index (χ4v) is 2.96. The van der Waals surface area contributed by atoms with Crippen molar-refractivity contribution in [2.24, 2.45) is 11.8 Å². The molecule has 2 aliphatic rings. The van der Waals surface area contributed by atoms with E-state index in [1.165, 1.54) is 38.8 Å². The first-order valence-corrected chi connectivity index (χ1v) is 5.16. The molecule has 64 valence electrons. The van der Waals surface area contributed by atoms with Crippen molar-refractivity contribution >= 4 is 11.6 Å². The van der Waals surface area contributed by atoms with Crippen LogP contribution in [0.5, 0.6) is 0 Å². The van der Waals surface area contributed by atoms with Gasteiger partial charge in [0.15, 0.2) is 0 Å². The Morgan fingerprint density at radius 1 is 1.18 bits per heavy atom. The molecule has 0 spiro atoms. The fourth-order valence-electron chi connectivity index (χ4n) is 2.51. The predicted molar refractivity (Wildman–Crippen MR) is 48.0 cm³/mol. The minimum atomic E-state index is 0.460. The monoisotopic (exact) mass is 173 g/mol. The molecule has 0 aromatic carbocycles. The van der Waals surface area contributed by atoms with Crippen LogP contribution in [0, 0.1) is 11.8 Å². The molecule has 1 nitrogen and oxygen atoms in total. The highest BCUT2D eigenvalue weighted by Crippen LogP contribution is 2.36. The summed E-state index contributed by atoms with van der Waals surface area (Å²) in [4.78, 5) is 0. The first kappa shape index (κ1) is 7.88. The van der Waals surface area contributed by atoms with E-state index in [0.717, 1.165) is 11.8 Å². The van der Waals surface area contributed by atoms with Crippen molar-refractivity contribution in [2.75, 3.05) is 13.1 Å². The Balaban J connectivity index is 1.99. The topological polar surface area (TPSA) is 12.0 Å². The van der Waals surface area contributed by atoms with Gasteiger partial charge in [-0.2, -0.15) is 0 Å². The molecule has 2 rings (SSSR count). The highest BCUT2D eigenvalue weighted by molar-refractivity contribution is 6.20. The second-order valence-electron chi connectivity index (χ2n) is 3.86. The second-order valence-corrected chi connectivity index (χ2v) is 4.42. The van der Waals surface area contributed by atoms with Gasteiger partial charge in [-0.15, -0.1) is 11.6 Å². The Morgan fingerprint density at radius 2 is 2.09 bits per heavy atom. The summed E-state index contributed by atoms with van der Waals surface area (Å²) in [5.41, 5.74) is 0. The van der Waals surface area contributed by atoms with Crippen LogP contribution >= 0.6 is 11.6 Å². The van der Waals surface area contributed by atoms with Gasteiger partial charge in [0.05, 0.1) is 0 Å². The third kappa shape index (κ3) is 1.54. The Labute approximate surface area is 73.5 Å². The first-order chi connectivity index (χ1) is 5.38. The largest absolute Gasteiger partial charge is 0.316 e. The molecule has 11 heavy (non-hydrogen) atoms. The van der Waals surface area contributed by atoms with Crippen molar-refractivity contribution in [2.45, 2.75) is 31.1 Å². The van der Waals surface area contributed by atoms with Crippen LogP contribution in [-0.2, 0) is 0 Å². The van der Waals surface area contributed by atoms with Gasteiger partial charge in [-0.05, 0) is 44.2 Å². The normalized spacial score (nSPS) is 45.0. The molecule has 1 aliphatic heterocycles. The summed E-state index contributed by atoms with van der Waals surface area (Å²) in [6, 6.07) is 0. The molecule has 1 heterocycles. The number of alkyl halides is 1. The Morgan fingerprint density at radius 3 is 2.91 bits per heavy atom. The molecule has 0 amide bonds. The lowest BCUT2D eigenvalue weighted by Gasteiger charge is -2.38. The molecule has 0 aromatic heterocycles. The molecule has 1 saturated carbocycles. The number of hydrogen-bond donors (Lipinski definition) is 1. The van der Waals surface area contributed by atoms with E-state index in [1.807, 2.05) is 0 Å². The van der Waals surface area contributed by atoms with Crippen LogP contribution < -0.4 is 5.32 Å². The number of fused-ring (bicyclic) bond motifs is 1. The standard InChI is InChI=1S/C9H16ClN/c10-9-3-1-2-7-4-5-11-6-8(7)9/h7-9,11H,1-6H2. The first-order valence-electron chi connectivity index (χ1n) is 4.72. The highest BCUT2D eigenvalue weighted by Gasteiger charge is 2.33. The molecule has 3 unspecified atom stereocenters. The zero-order chi connectivity index (χ0) is 7.68. The maximum absolute atomic E-state index is 6.25. The van der Waals surface area contributed by atoms with Crippen molar-refractivity contribution in [3.63, 3.8) is 0 Å². The molecule has 0 aromatic rings. The maximum atomic E-state index is 6.25. The molecule has 1 aliphatic carbocycles. The molecule has 3 atom stereocenters. The van der Waals surface area contributed by atoms with Gasteiger partial charge < -0.3 is 5.32 Å². The van der Waals surface area contributed by atoms with Crippen LogP contribution in [0.4, 0.5) is 0 Å². The van der Waals surface area contributed by atoms with Gasteiger partial charge in [-0.3, -0.25) is 0 Å². The molecule has 2 fully saturated rings. The average molecular weight is 174 g/mol. The van der Waals surface area contributed by atoms with E-state index in [4.69, 9.17) is 11.6 Å². The van der Waals surface area contributed by atoms with Crippen molar-refractivity contribution in [3.05, 3.63) is 0 Å². The van der Waals surface area contributed by atoms with Crippen LogP contribution in [0.15, 0.2) is 0 Å². The molecule has 1 saturated heterocycles. The average Bonchev–Trinajstić information content (AvgIpc) is 2.06. The van der Waals surface area contributed by atoms with E-state index in [2.05, 4.69) is 5.32 Å². The van der Waals surface area contributed by atoms with Crippen LogP contribution in [0.2, 0.25) is 0 Å². The van der Waals surface area contributed by atoms with E-state index in [1.54, 1.807) is 0 Å². The lowest BCUT2D eigenvalue weighted by molar-refractivity contribution is 0.190. The van der Waals surface area contributed by atoms with Gasteiger partial charge in [-0.25, -0.2) is 0 Å². The smallest absolute Gasteiger partial charge is 0.0379 e. The quantitative estimate of drug-likeness (QED) is 0.553. The molecule has 2 heteroatoms. The van der Waals surface area contributed by atoms with E-state index < -0.39 is 0 Å². The summed E-state index contributed by atoms with van der Waals surface area (Å²) in [5, 5.41) is 3.89. The van der Waals surface area contributed by atoms with E-state index in [0.29, 0.717) is 5.38 Å². The van der Waals surface area contributed by atoms with Crippen molar-refractivity contribution in [3.8, 4) is 0 Å². The minimum Gasteiger partial charge on any atom is -0.316 e. The summed E-state index contributed by atoms with van der Waals surface area (Å²) in [6.07, 6.45) is 5.38. The van der Waals surface area contributed by atoms with Crippen molar-refractivity contribution in [1.29, 1.82) is 0 Å². The fraction of sp³-hybridized carbons (Fsp3) is 1.00. The lowest BCUT2D eigenvalue weighted by Crippen LogP contribution is -2.43. The van der Waals surface area contributed by atoms with E-state index in [-0.39, 0.29) is 0 Å². The van der Waals surface area contributed by atoms with Gasteiger partial charge >= 0.3 is 0 Å². The molecular weight excluding hydrogens is 158 g/mol. The van der Waals surface area contributed by atoms with Crippen LogP contribution in [0.25, 0.3) is 0 Å². The van der Waals surface area contributed by atoms with Crippen molar-refractivity contribution in [1.82, 2.24) is 5.32 Å². The minimum absolute atomic E-state index is 0.460. The Hall–Kier alpha value is 0.250.